The second-order valence-electron chi connectivity index (χ2n) is 4.32. The molecule has 0 atom stereocenters. The molecular formula is C12H13F2N3O3. The summed E-state index contributed by atoms with van der Waals surface area (Å²) in [6, 6.07) is 0.782. The van der Waals surface area contributed by atoms with Crippen molar-refractivity contribution in [2.24, 2.45) is 0 Å². The van der Waals surface area contributed by atoms with Crippen LogP contribution in [0.2, 0.25) is 0 Å². The molecule has 0 radical (unpaired) electrons. The topological polar surface area (TPSA) is 77.1 Å². The number of nitrogens with zero attached hydrogens (tertiary/aromatic N) is 3. The van der Waals surface area contributed by atoms with Crippen LogP contribution >= 0.6 is 0 Å². The lowest BCUT2D eigenvalue weighted by Gasteiger charge is -2.10. The highest BCUT2D eigenvalue weighted by molar-refractivity contribution is 5.84. The average Bonchev–Trinajstić information content (AvgIpc) is 2.69. The lowest BCUT2D eigenvalue weighted by molar-refractivity contribution is -0.137. The first kappa shape index (κ1) is 14.2. The molecule has 0 saturated carbocycles. The standard InChI is InChI=1S/C12H13F2N3O3/c1-3-17-12-10(6(2)15-17)7(11(13)14)4-8(18)16(12)5-9(19)20/h4,11H,3,5H2,1-2H3,(H,19,20). The van der Waals surface area contributed by atoms with Crippen molar-refractivity contribution in [1.29, 1.82) is 0 Å². The third-order valence-electron chi connectivity index (χ3n) is 3.02. The van der Waals surface area contributed by atoms with Crippen molar-refractivity contribution in [3.8, 4) is 0 Å². The van der Waals surface area contributed by atoms with Gasteiger partial charge in [-0.15, -0.1) is 0 Å². The maximum atomic E-state index is 13.1. The number of alkyl halides is 2. The number of carboxylic acid groups (broad SMARTS) is 1. The Labute approximate surface area is 112 Å². The first-order valence-electron chi connectivity index (χ1n) is 5.97. The summed E-state index contributed by atoms with van der Waals surface area (Å²) in [5.41, 5.74) is -0.722. The van der Waals surface area contributed by atoms with Crippen LogP contribution in [-0.2, 0) is 17.9 Å². The molecule has 2 heterocycles. The van der Waals surface area contributed by atoms with E-state index in [-0.39, 0.29) is 11.0 Å². The molecule has 6 nitrogen and oxygen atoms in total. The maximum Gasteiger partial charge on any atom is 0.323 e. The monoisotopic (exact) mass is 285 g/mol. The molecule has 2 rings (SSSR count). The number of fused-ring (bicyclic) bond motifs is 1. The Morgan fingerprint density at radius 2 is 2.15 bits per heavy atom. The van der Waals surface area contributed by atoms with Gasteiger partial charge in [-0.1, -0.05) is 0 Å². The number of rotatable bonds is 4. The minimum Gasteiger partial charge on any atom is -0.480 e. The molecule has 0 bridgehead atoms. The van der Waals surface area contributed by atoms with E-state index in [4.69, 9.17) is 5.11 Å². The first-order chi connectivity index (χ1) is 9.36. The molecular weight excluding hydrogens is 272 g/mol. The summed E-state index contributed by atoms with van der Waals surface area (Å²) in [4.78, 5) is 22.7. The first-order valence-corrected chi connectivity index (χ1v) is 5.97. The molecule has 0 amide bonds. The number of carboxylic acids is 1. The molecule has 2 aromatic rings. The highest BCUT2D eigenvalue weighted by atomic mass is 19.3. The molecule has 8 heteroatoms. The van der Waals surface area contributed by atoms with Gasteiger partial charge in [0.05, 0.1) is 5.69 Å². The van der Waals surface area contributed by atoms with Gasteiger partial charge in [0.15, 0.2) is 0 Å². The second-order valence-corrected chi connectivity index (χ2v) is 4.32. The Kier molecular flexibility index (Phi) is 3.56. The van der Waals surface area contributed by atoms with Crippen LogP contribution < -0.4 is 5.56 Å². The van der Waals surface area contributed by atoms with Gasteiger partial charge in [-0.05, 0) is 13.8 Å². The highest BCUT2D eigenvalue weighted by Crippen LogP contribution is 2.28. The molecule has 0 saturated heterocycles. The number of carbonyl (C=O) groups is 1. The number of hydrogen-bond donors (Lipinski definition) is 1. The van der Waals surface area contributed by atoms with Crippen LogP contribution in [0.5, 0.6) is 0 Å². The Morgan fingerprint density at radius 3 is 2.65 bits per heavy atom. The van der Waals surface area contributed by atoms with Crippen molar-refractivity contribution in [3.05, 3.63) is 27.7 Å². The number of aryl methyl sites for hydroxylation is 2. The molecule has 108 valence electrons. The summed E-state index contributed by atoms with van der Waals surface area (Å²) in [6.45, 7) is 3.03. The summed E-state index contributed by atoms with van der Waals surface area (Å²) in [7, 11) is 0. The van der Waals surface area contributed by atoms with Crippen LogP contribution in [0.25, 0.3) is 11.0 Å². The lowest BCUT2D eigenvalue weighted by atomic mass is 10.1. The highest BCUT2D eigenvalue weighted by Gasteiger charge is 2.22. The largest absolute Gasteiger partial charge is 0.480 e. The van der Waals surface area contributed by atoms with Gasteiger partial charge in [0, 0.05) is 23.6 Å². The number of hydrogen-bond acceptors (Lipinski definition) is 3. The fourth-order valence-electron chi connectivity index (χ4n) is 2.25. The molecule has 0 fully saturated rings. The molecule has 0 unspecified atom stereocenters. The molecule has 0 aliphatic rings. The van der Waals surface area contributed by atoms with E-state index in [0.717, 1.165) is 10.6 Å². The molecule has 1 N–H and O–H groups in total. The molecule has 0 aromatic carbocycles. The minimum absolute atomic E-state index is 0.121. The van der Waals surface area contributed by atoms with E-state index in [1.165, 1.54) is 4.68 Å². The number of halogens is 2. The third-order valence-corrected chi connectivity index (χ3v) is 3.02. The minimum atomic E-state index is -2.82. The summed E-state index contributed by atoms with van der Waals surface area (Å²) >= 11 is 0. The van der Waals surface area contributed by atoms with E-state index in [2.05, 4.69) is 5.10 Å². The number of aromatic nitrogens is 3. The predicted octanol–water partition coefficient (Wildman–Crippen LogP) is 1.55. The Balaban J connectivity index is 2.93. The average molecular weight is 285 g/mol. The van der Waals surface area contributed by atoms with Crippen LogP contribution in [0, 0.1) is 6.92 Å². The van der Waals surface area contributed by atoms with Crippen LogP contribution in [0.1, 0.15) is 24.6 Å². The Bertz CT molecular complexity index is 734. The van der Waals surface area contributed by atoms with Crippen LogP contribution in [-0.4, -0.2) is 25.4 Å². The third kappa shape index (κ3) is 2.17. The van der Waals surface area contributed by atoms with Crippen LogP contribution in [0.4, 0.5) is 8.78 Å². The molecule has 2 aromatic heterocycles. The van der Waals surface area contributed by atoms with Gasteiger partial charge in [-0.25, -0.2) is 13.5 Å². The Hall–Kier alpha value is -2.25. The van der Waals surface area contributed by atoms with Crippen molar-refractivity contribution in [1.82, 2.24) is 14.3 Å². The van der Waals surface area contributed by atoms with E-state index in [9.17, 15) is 18.4 Å². The molecule has 0 spiro atoms. The smallest absolute Gasteiger partial charge is 0.323 e. The van der Waals surface area contributed by atoms with Crippen molar-refractivity contribution >= 4 is 17.0 Å². The van der Waals surface area contributed by atoms with Gasteiger partial charge in [-0.2, -0.15) is 5.10 Å². The van der Waals surface area contributed by atoms with Crippen molar-refractivity contribution in [2.75, 3.05) is 0 Å². The summed E-state index contributed by atoms with van der Waals surface area (Å²) < 4.78 is 28.4. The van der Waals surface area contributed by atoms with Gasteiger partial charge >= 0.3 is 5.97 Å². The normalized spacial score (nSPS) is 11.4. The van der Waals surface area contributed by atoms with Crippen LogP contribution in [0.3, 0.4) is 0 Å². The van der Waals surface area contributed by atoms with Gasteiger partial charge in [0.1, 0.15) is 12.2 Å². The quantitative estimate of drug-likeness (QED) is 0.924. The van der Waals surface area contributed by atoms with Gasteiger partial charge in [0.25, 0.3) is 12.0 Å². The molecule has 0 aliphatic heterocycles. The van der Waals surface area contributed by atoms with E-state index >= 15 is 0 Å². The zero-order valence-corrected chi connectivity index (χ0v) is 10.9. The molecule has 0 aliphatic carbocycles. The van der Waals surface area contributed by atoms with E-state index < -0.39 is 30.1 Å². The second kappa shape index (κ2) is 5.03. The van der Waals surface area contributed by atoms with Crippen molar-refractivity contribution < 1.29 is 18.7 Å². The molecule has 20 heavy (non-hydrogen) atoms. The fraction of sp³-hybridized carbons (Fsp3) is 0.417. The Morgan fingerprint density at radius 1 is 1.50 bits per heavy atom. The van der Waals surface area contributed by atoms with E-state index in [1.54, 1.807) is 13.8 Å². The maximum absolute atomic E-state index is 13.1. The van der Waals surface area contributed by atoms with Gasteiger partial charge < -0.3 is 5.11 Å². The SMILES string of the molecule is CCn1nc(C)c2c(C(F)F)cc(=O)n(CC(=O)O)c21. The van der Waals surface area contributed by atoms with E-state index in [1.807, 2.05) is 0 Å². The van der Waals surface area contributed by atoms with Crippen molar-refractivity contribution in [2.45, 2.75) is 33.4 Å². The van der Waals surface area contributed by atoms with Gasteiger partial charge in [-0.3, -0.25) is 14.2 Å². The fourth-order valence-corrected chi connectivity index (χ4v) is 2.25. The predicted molar refractivity (Wildman–Crippen MR) is 67.0 cm³/mol. The van der Waals surface area contributed by atoms with Gasteiger partial charge in [0.2, 0.25) is 0 Å². The van der Waals surface area contributed by atoms with E-state index in [0.29, 0.717) is 12.2 Å². The number of aliphatic carboxylic acids is 1. The summed E-state index contributed by atoms with van der Waals surface area (Å²) in [6.07, 6.45) is -2.82. The zero-order chi connectivity index (χ0) is 15.0. The van der Waals surface area contributed by atoms with Crippen LogP contribution in [0.15, 0.2) is 10.9 Å². The zero-order valence-electron chi connectivity index (χ0n) is 10.9. The lowest BCUT2D eigenvalue weighted by Crippen LogP contribution is -2.26. The summed E-state index contributed by atoms with van der Waals surface area (Å²) in [5.74, 6) is -1.22. The summed E-state index contributed by atoms with van der Waals surface area (Å²) in [5, 5.41) is 13.1. The number of pyridine rings is 1. The van der Waals surface area contributed by atoms with Crippen molar-refractivity contribution in [3.63, 3.8) is 0 Å².